The summed E-state index contributed by atoms with van der Waals surface area (Å²) in [7, 11) is 0. The summed E-state index contributed by atoms with van der Waals surface area (Å²) in [6, 6.07) is 8.79. The molecular formula is C16H26N2O2. The zero-order valence-electron chi connectivity index (χ0n) is 12.6. The first-order valence-electron chi connectivity index (χ1n) is 7.49. The monoisotopic (exact) mass is 278 g/mol. The highest BCUT2D eigenvalue weighted by Gasteiger charge is 2.10. The minimum Gasteiger partial charge on any atom is -0.378 e. The Bertz CT molecular complexity index is 373. The SMILES string of the molecule is CC(C)OCCNCc1ccc(N2CCOCC2)cc1. The van der Waals surface area contributed by atoms with Crippen molar-refractivity contribution in [1.29, 1.82) is 0 Å². The second-order valence-corrected chi connectivity index (χ2v) is 5.36. The number of anilines is 1. The van der Waals surface area contributed by atoms with Crippen LogP contribution in [0, 0.1) is 0 Å². The van der Waals surface area contributed by atoms with Crippen LogP contribution in [0.2, 0.25) is 0 Å². The number of rotatable bonds is 7. The highest BCUT2D eigenvalue weighted by molar-refractivity contribution is 5.47. The molecule has 4 nitrogen and oxygen atoms in total. The van der Waals surface area contributed by atoms with E-state index in [-0.39, 0.29) is 0 Å². The first-order chi connectivity index (χ1) is 9.75. The summed E-state index contributed by atoms with van der Waals surface area (Å²) < 4.78 is 10.9. The third-order valence-electron chi connectivity index (χ3n) is 3.37. The molecule has 1 aliphatic heterocycles. The zero-order chi connectivity index (χ0) is 14.2. The predicted octanol–water partition coefficient (Wildman–Crippen LogP) is 2.04. The number of hydrogen-bond donors (Lipinski definition) is 1. The van der Waals surface area contributed by atoms with Crippen LogP contribution in [0.3, 0.4) is 0 Å². The van der Waals surface area contributed by atoms with Crippen molar-refractivity contribution in [1.82, 2.24) is 5.32 Å². The fourth-order valence-electron chi connectivity index (χ4n) is 2.25. The fourth-order valence-corrected chi connectivity index (χ4v) is 2.25. The molecule has 0 atom stereocenters. The van der Waals surface area contributed by atoms with Gasteiger partial charge in [0.15, 0.2) is 0 Å². The Morgan fingerprint density at radius 3 is 2.55 bits per heavy atom. The minimum absolute atomic E-state index is 0.310. The van der Waals surface area contributed by atoms with Gasteiger partial charge in [-0.2, -0.15) is 0 Å². The average Bonchev–Trinajstić information content (AvgIpc) is 2.48. The summed E-state index contributed by atoms with van der Waals surface area (Å²) >= 11 is 0. The molecule has 0 amide bonds. The Labute approximate surface area is 122 Å². The van der Waals surface area contributed by atoms with E-state index in [1.165, 1.54) is 11.3 Å². The smallest absolute Gasteiger partial charge is 0.0642 e. The normalized spacial score (nSPS) is 15.8. The van der Waals surface area contributed by atoms with Gasteiger partial charge in [-0.15, -0.1) is 0 Å². The van der Waals surface area contributed by atoms with Crippen molar-refractivity contribution in [2.45, 2.75) is 26.5 Å². The van der Waals surface area contributed by atoms with Crippen LogP contribution in [0.1, 0.15) is 19.4 Å². The molecule has 112 valence electrons. The summed E-state index contributed by atoms with van der Waals surface area (Å²) in [5, 5.41) is 3.40. The number of morpholine rings is 1. The zero-order valence-corrected chi connectivity index (χ0v) is 12.6. The lowest BCUT2D eigenvalue weighted by Gasteiger charge is -2.28. The maximum absolute atomic E-state index is 5.50. The van der Waals surface area contributed by atoms with Crippen LogP contribution >= 0.6 is 0 Å². The fraction of sp³-hybridized carbons (Fsp3) is 0.625. The molecule has 0 unspecified atom stereocenters. The first kappa shape index (κ1) is 15.3. The molecule has 2 rings (SSSR count). The third kappa shape index (κ3) is 5.12. The largest absolute Gasteiger partial charge is 0.378 e. The third-order valence-corrected chi connectivity index (χ3v) is 3.37. The predicted molar refractivity (Wildman–Crippen MR) is 82.3 cm³/mol. The van der Waals surface area contributed by atoms with Crippen molar-refractivity contribution in [2.75, 3.05) is 44.4 Å². The second kappa shape index (κ2) is 8.25. The Balaban J connectivity index is 1.71. The molecule has 20 heavy (non-hydrogen) atoms. The van der Waals surface area contributed by atoms with E-state index in [9.17, 15) is 0 Å². The van der Waals surface area contributed by atoms with Crippen LogP contribution in [0.4, 0.5) is 5.69 Å². The van der Waals surface area contributed by atoms with E-state index < -0.39 is 0 Å². The van der Waals surface area contributed by atoms with Crippen LogP contribution in [0.5, 0.6) is 0 Å². The van der Waals surface area contributed by atoms with Gasteiger partial charge < -0.3 is 19.7 Å². The molecule has 1 N–H and O–H groups in total. The van der Waals surface area contributed by atoms with Gasteiger partial charge in [-0.05, 0) is 31.5 Å². The summed E-state index contributed by atoms with van der Waals surface area (Å²) in [6.45, 7) is 10.3. The van der Waals surface area contributed by atoms with Crippen LogP contribution in [0.25, 0.3) is 0 Å². The van der Waals surface area contributed by atoms with Crippen molar-refractivity contribution in [3.05, 3.63) is 29.8 Å². The molecule has 1 aromatic carbocycles. The molecule has 4 heteroatoms. The standard InChI is InChI=1S/C16H26N2O2/c1-14(2)20-10-7-17-13-15-3-5-16(6-4-15)18-8-11-19-12-9-18/h3-6,14,17H,7-13H2,1-2H3. The first-order valence-corrected chi connectivity index (χ1v) is 7.49. The van der Waals surface area contributed by atoms with Gasteiger partial charge in [-0.25, -0.2) is 0 Å². The van der Waals surface area contributed by atoms with Gasteiger partial charge in [0.1, 0.15) is 0 Å². The minimum atomic E-state index is 0.310. The molecule has 0 saturated carbocycles. The molecular weight excluding hydrogens is 252 g/mol. The lowest BCUT2D eigenvalue weighted by Crippen LogP contribution is -2.36. The van der Waals surface area contributed by atoms with Crippen molar-refractivity contribution in [3.8, 4) is 0 Å². The summed E-state index contributed by atoms with van der Waals surface area (Å²) in [4.78, 5) is 2.37. The summed E-state index contributed by atoms with van der Waals surface area (Å²) in [6.07, 6.45) is 0.310. The van der Waals surface area contributed by atoms with Gasteiger partial charge in [0.25, 0.3) is 0 Å². The molecule has 1 heterocycles. The average molecular weight is 278 g/mol. The Morgan fingerprint density at radius 2 is 1.90 bits per heavy atom. The molecule has 0 spiro atoms. The van der Waals surface area contributed by atoms with E-state index >= 15 is 0 Å². The molecule has 0 aliphatic carbocycles. The molecule has 0 radical (unpaired) electrons. The van der Waals surface area contributed by atoms with Crippen LogP contribution in [0.15, 0.2) is 24.3 Å². The molecule has 1 saturated heterocycles. The van der Waals surface area contributed by atoms with Crippen LogP contribution < -0.4 is 10.2 Å². The molecule has 1 aliphatic rings. The highest BCUT2D eigenvalue weighted by Crippen LogP contribution is 2.16. The molecule has 1 fully saturated rings. The van der Waals surface area contributed by atoms with E-state index in [2.05, 4.69) is 48.3 Å². The van der Waals surface area contributed by atoms with E-state index in [1.54, 1.807) is 0 Å². The quantitative estimate of drug-likeness (QED) is 0.774. The lowest BCUT2D eigenvalue weighted by atomic mass is 10.2. The highest BCUT2D eigenvalue weighted by atomic mass is 16.5. The molecule has 1 aromatic rings. The Hall–Kier alpha value is -1.10. The summed E-state index contributed by atoms with van der Waals surface area (Å²) in [5.41, 5.74) is 2.60. The van der Waals surface area contributed by atoms with E-state index in [1.807, 2.05) is 0 Å². The van der Waals surface area contributed by atoms with E-state index in [0.29, 0.717) is 6.10 Å². The second-order valence-electron chi connectivity index (χ2n) is 5.36. The van der Waals surface area contributed by atoms with Gasteiger partial charge >= 0.3 is 0 Å². The number of hydrogen-bond acceptors (Lipinski definition) is 4. The maximum atomic E-state index is 5.50. The number of ether oxygens (including phenoxy) is 2. The van der Waals surface area contributed by atoms with Crippen molar-refractivity contribution in [2.24, 2.45) is 0 Å². The van der Waals surface area contributed by atoms with E-state index in [0.717, 1.165) is 46.0 Å². The van der Waals surface area contributed by atoms with Gasteiger partial charge in [-0.3, -0.25) is 0 Å². The van der Waals surface area contributed by atoms with E-state index in [4.69, 9.17) is 9.47 Å². The van der Waals surface area contributed by atoms with Gasteiger partial charge in [-0.1, -0.05) is 12.1 Å². The summed E-state index contributed by atoms with van der Waals surface area (Å²) in [5.74, 6) is 0. The van der Waals surface area contributed by atoms with Gasteiger partial charge in [0, 0.05) is 31.9 Å². The lowest BCUT2D eigenvalue weighted by molar-refractivity contribution is 0.0807. The maximum Gasteiger partial charge on any atom is 0.0642 e. The van der Waals surface area contributed by atoms with Gasteiger partial charge in [0.2, 0.25) is 0 Å². The topological polar surface area (TPSA) is 33.7 Å². The number of nitrogens with zero attached hydrogens (tertiary/aromatic N) is 1. The van der Waals surface area contributed by atoms with Crippen LogP contribution in [-0.4, -0.2) is 45.6 Å². The molecule has 0 aromatic heterocycles. The van der Waals surface area contributed by atoms with Crippen molar-refractivity contribution < 1.29 is 9.47 Å². The van der Waals surface area contributed by atoms with Crippen molar-refractivity contribution >= 4 is 5.69 Å². The number of benzene rings is 1. The van der Waals surface area contributed by atoms with Crippen molar-refractivity contribution in [3.63, 3.8) is 0 Å². The molecule has 0 bridgehead atoms. The Kier molecular flexibility index (Phi) is 6.30. The van der Waals surface area contributed by atoms with Gasteiger partial charge in [0.05, 0.1) is 25.9 Å². The Morgan fingerprint density at radius 1 is 1.20 bits per heavy atom. The van der Waals surface area contributed by atoms with Crippen LogP contribution in [-0.2, 0) is 16.0 Å². The number of nitrogens with one attached hydrogen (secondary N) is 1.